The summed E-state index contributed by atoms with van der Waals surface area (Å²) in [4.78, 5) is 5.75. The number of halogens is 2. The lowest BCUT2D eigenvalue weighted by atomic mass is 10.0. The smallest absolute Gasteiger partial charge is 0.126 e. The van der Waals surface area contributed by atoms with Crippen LogP contribution in [0.5, 0.6) is 0 Å². The Balaban J connectivity index is 1.70. The number of hydrogen-bond donors (Lipinski definition) is 2. The predicted molar refractivity (Wildman–Crippen MR) is 109 cm³/mol. The molecule has 0 saturated carbocycles. The van der Waals surface area contributed by atoms with Crippen molar-refractivity contribution in [3.05, 3.63) is 87.4 Å². The standard InChI is InChI=1S/C21H22Cl2N2O/c1-15-13-18(22)11-12-20(15)24-21(16-7-3-2-4-8-16)25-26-14-17-9-5-6-10-19(17)23/h3,5-13,21,24-25H,2,4,14H2,1H3. The van der Waals surface area contributed by atoms with E-state index in [1.54, 1.807) is 0 Å². The number of rotatable bonds is 7. The number of hydroxylamine groups is 1. The Morgan fingerprint density at radius 2 is 1.96 bits per heavy atom. The molecule has 2 N–H and O–H groups in total. The maximum atomic E-state index is 6.20. The van der Waals surface area contributed by atoms with Crippen LogP contribution in [-0.2, 0) is 11.4 Å². The quantitative estimate of drug-likeness (QED) is 0.448. The van der Waals surface area contributed by atoms with Crippen molar-refractivity contribution in [3.63, 3.8) is 0 Å². The normalized spacial score (nSPS) is 14.8. The summed E-state index contributed by atoms with van der Waals surface area (Å²) in [6.07, 6.45) is 8.43. The zero-order valence-corrected chi connectivity index (χ0v) is 16.1. The highest BCUT2D eigenvalue weighted by Gasteiger charge is 2.15. The second kappa shape index (κ2) is 9.24. The molecule has 5 heteroatoms. The Morgan fingerprint density at radius 3 is 2.69 bits per heavy atom. The second-order valence-electron chi connectivity index (χ2n) is 6.22. The summed E-state index contributed by atoms with van der Waals surface area (Å²) < 4.78 is 0. The minimum absolute atomic E-state index is 0.172. The molecule has 1 atom stereocenters. The number of benzene rings is 2. The molecule has 26 heavy (non-hydrogen) atoms. The molecular weight excluding hydrogens is 367 g/mol. The van der Waals surface area contributed by atoms with E-state index in [4.69, 9.17) is 28.0 Å². The van der Waals surface area contributed by atoms with Crippen LogP contribution in [-0.4, -0.2) is 6.17 Å². The van der Waals surface area contributed by atoms with Crippen LogP contribution in [0.1, 0.15) is 24.0 Å². The van der Waals surface area contributed by atoms with Gasteiger partial charge in [0.15, 0.2) is 0 Å². The molecule has 3 nitrogen and oxygen atoms in total. The van der Waals surface area contributed by atoms with Crippen molar-refractivity contribution < 1.29 is 4.84 Å². The molecule has 0 radical (unpaired) electrons. The molecule has 1 aliphatic carbocycles. The highest BCUT2D eigenvalue weighted by atomic mass is 35.5. The van der Waals surface area contributed by atoms with Gasteiger partial charge in [0, 0.05) is 15.7 Å². The third-order valence-electron chi connectivity index (χ3n) is 4.23. The van der Waals surface area contributed by atoms with Crippen molar-refractivity contribution >= 4 is 28.9 Å². The highest BCUT2D eigenvalue weighted by Crippen LogP contribution is 2.23. The SMILES string of the molecule is Cc1cc(Cl)ccc1NC(NOCc1ccccc1Cl)C1=CCCC=C1. The van der Waals surface area contributed by atoms with Gasteiger partial charge in [-0.3, -0.25) is 4.84 Å². The van der Waals surface area contributed by atoms with Crippen LogP contribution in [0, 0.1) is 6.92 Å². The lowest BCUT2D eigenvalue weighted by Crippen LogP contribution is -2.38. The van der Waals surface area contributed by atoms with Gasteiger partial charge in [-0.15, -0.1) is 0 Å². The molecule has 0 fully saturated rings. The van der Waals surface area contributed by atoms with Gasteiger partial charge in [-0.1, -0.05) is 59.6 Å². The van der Waals surface area contributed by atoms with Gasteiger partial charge in [0.1, 0.15) is 6.17 Å². The second-order valence-corrected chi connectivity index (χ2v) is 7.06. The van der Waals surface area contributed by atoms with E-state index in [9.17, 15) is 0 Å². The molecule has 0 bridgehead atoms. The van der Waals surface area contributed by atoms with Gasteiger partial charge in [-0.05, 0) is 60.7 Å². The maximum absolute atomic E-state index is 6.20. The minimum atomic E-state index is -0.172. The van der Waals surface area contributed by atoms with Crippen LogP contribution < -0.4 is 10.8 Å². The summed E-state index contributed by atoms with van der Waals surface area (Å²) in [7, 11) is 0. The van der Waals surface area contributed by atoms with Crippen LogP contribution in [0.3, 0.4) is 0 Å². The van der Waals surface area contributed by atoms with Crippen LogP contribution in [0.25, 0.3) is 0 Å². The van der Waals surface area contributed by atoms with Crippen molar-refractivity contribution in [2.75, 3.05) is 5.32 Å². The Hall–Kier alpha value is -1.78. The molecule has 0 aromatic heterocycles. The number of aryl methyl sites for hydroxylation is 1. The predicted octanol–water partition coefficient (Wildman–Crippen LogP) is 6.04. The van der Waals surface area contributed by atoms with E-state index < -0.39 is 0 Å². The van der Waals surface area contributed by atoms with E-state index in [0.29, 0.717) is 11.6 Å². The summed E-state index contributed by atoms with van der Waals surface area (Å²) in [5.74, 6) is 0. The summed E-state index contributed by atoms with van der Waals surface area (Å²) in [6, 6.07) is 13.5. The largest absolute Gasteiger partial charge is 0.364 e. The Bertz CT molecular complexity index is 817. The van der Waals surface area contributed by atoms with E-state index in [-0.39, 0.29) is 6.17 Å². The van der Waals surface area contributed by atoms with Crippen LogP contribution in [0.2, 0.25) is 10.0 Å². The molecule has 0 spiro atoms. The maximum Gasteiger partial charge on any atom is 0.126 e. The van der Waals surface area contributed by atoms with Gasteiger partial charge in [0.25, 0.3) is 0 Å². The molecule has 1 aliphatic rings. The monoisotopic (exact) mass is 388 g/mol. The van der Waals surface area contributed by atoms with Gasteiger partial charge in [-0.2, -0.15) is 5.48 Å². The molecule has 136 valence electrons. The number of allylic oxidation sites excluding steroid dienone is 2. The van der Waals surface area contributed by atoms with E-state index in [2.05, 4.69) is 29.0 Å². The number of hydrogen-bond acceptors (Lipinski definition) is 3. The first-order chi connectivity index (χ1) is 12.6. The van der Waals surface area contributed by atoms with Gasteiger partial charge < -0.3 is 5.32 Å². The van der Waals surface area contributed by atoms with Crippen molar-refractivity contribution in [2.24, 2.45) is 0 Å². The van der Waals surface area contributed by atoms with Crippen LogP contribution in [0.4, 0.5) is 5.69 Å². The number of nitrogens with one attached hydrogen (secondary N) is 2. The summed E-state index contributed by atoms with van der Waals surface area (Å²) in [5, 5.41) is 4.92. The van der Waals surface area contributed by atoms with E-state index in [0.717, 1.165) is 40.3 Å². The first-order valence-corrected chi connectivity index (χ1v) is 9.39. The number of anilines is 1. The first-order valence-electron chi connectivity index (χ1n) is 8.63. The van der Waals surface area contributed by atoms with Gasteiger partial charge in [-0.25, -0.2) is 0 Å². The Morgan fingerprint density at radius 1 is 1.12 bits per heavy atom. The summed E-state index contributed by atoms with van der Waals surface area (Å²) in [5.41, 5.74) is 7.30. The molecule has 0 saturated heterocycles. The lowest BCUT2D eigenvalue weighted by molar-refractivity contribution is 0.0171. The zero-order chi connectivity index (χ0) is 18.4. The van der Waals surface area contributed by atoms with E-state index in [1.807, 2.05) is 49.4 Å². The highest BCUT2D eigenvalue weighted by molar-refractivity contribution is 6.31. The van der Waals surface area contributed by atoms with E-state index in [1.165, 1.54) is 0 Å². The van der Waals surface area contributed by atoms with Crippen LogP contribution >= 0.6 is 23.2 Å². The minimum Gasteiger partial charge on any atom is -0.364 e. The third kappa shape index (κ3) is 5.12. The van der Waals surface area contributed by atoms with Gasteiger partial charge in [0.2, 0.25) is 0 Å². The van der Waals surface area contributed by atoms with Crippen molar-refractivity contribution in [1.29, 1.82) is 0 Å². The lowest BCUT2D eigenvalue weighted by Gasteiger charge is -2.24. The molecule has 0 aliphatic heterocycles. The molecule has 0 heterocycles. The topological polar surface area (TPSA) is 33.3 Å². The van der Waals surface area contributed by atoms with Gasteiger partial charge >= 0.3 is 0 Å². The first kappa shape index (κ1) is 19.0. The fourth-order valence-corrected chi connectivity index (χ4v) is 3.21. The fourth-order valence-electron chi connectivity index (χ4n) is 2.79. The average molecular weight is 389 g/mol. The van der Waals surface area contributed by atoms with Crippen LogP contribution in [0.15, 0.2) is 66.3 Å². The van der Waals surface area contributed by atoms with Crippen molar-refractivity contribution in [2.45, 2.75) is 32.5 Å². The molecule has 1 unspecified atom stereocenters. The summed E-state index contributed by atoms with van der Waals surface area (Å²) in [6.45, 7) is 2.41. The Kier molecular flexibility index (Phi) is 6.75. The van der Waals surface area contributed by atoms with Crippen molar-refractivity contribution in [1.82, 2.24) is 5.48 Å². The fraction of sp³-hybridized carbons (Fsp3) is 0.238. The molecule has 0 amide bonds. The average Bonchev–Trinajstić information content (AvgIpc) is 2.65. The molecular formula is C21H22Cl2N2O. The molecule has 2 aromatic rings. The Labute approximate surface area is 164 Å². The third-order valence-corrected chi connectivity index (χ3v) is 4.84. The molecule has 2 aromatic carbocycles. The summed E-state index contributed by atoms with van der Waals surface area (Å²) >= 11 is 12.3. The van der Waals surface area contributed by atoms with Gasteiger partial charge in [0.05, 0.1) is 6.61 Å². The van der Waals surface area contributed by atoms with E-state index >= 15 is 0 Å². The zero-order valence-electron chi connectivity index (χ0n) is 14.6. The van der Waals surface area contributed by atoms with Crippen molar-refractivity contribution in [3.8, 4) is 0 Å². The molecule has 3 rings (SSSR count).